The quantitative estimate of drug-likeness (QED) is 0.929. The molecule has 2 rings (SSSR count). The SMILES string of the molecule is Cc1cc(S(=O)(=O)NCC2CCCC(C)C2)ccc1C#N. The molecule has 0 heterocycles. The van der Waals surface area contributed by atoms with Crippen LogP contribution in [0.1, 0.15) is 43.7 Å². The molecule has 1 aliphatic carbocycles. The number of aryl methyl sites for hydroxylation is 1. The van der Waals surface area contributed by atoms with Crippen LogP contribution in [0, 0.1) is 30.1 Å². The van der Waals surface area contributed by atoms with E-state index in [0.29, 0.717) is 29.5 Å². The largest absolute Gasteiger partial charge is 0.240 e. The Kier molecular flexibility index (Phi) is 5.02. The number of rotatable bonds is 4. The van der Waals surface area contributed by atoms with Crippen molar-refractivity contribution in [2.75, 3.05) is 6.54 Å². The molecule has 114 valence electrons. The van der Waals surface area contributed by atoms with Crippen molar-refractivity contribution < 1.29 is 8.42 Å². The number of nitrogens with zero attached hydrogens (tertiary/aromatic N) is 1. The van der Waals surface area contributed by atoms with Gasteiger partial charge in [0.1, 0.15) is 0 Å². The van der Waals surface area contributed by atoms with Gasteiger partial charge in [0.05, 0.1) is 16.5 Å². The molecule has 2 atom stereocenters. The van der Waals surface area contributed by atoms with Crippen LogP contribution in [-0.4, -0.2) is 15.0 Å². The van der Waals surface area contributed by atoms with Gasteiger partial charge in [-0.3, -0.25) is 0 Å². The Labute approximate surface area is 127 Å². The molecule has 0 radical (unpaired) electrons. The highest BCUT2D eigenvalue weighted by molar-refractivity contribution is 7.89. The van der Waals surface area contributed by atoms with Gasteiger partial charge in [-0.05, 0) is 55.4 Å². The maximum atomic E-state index is 12.3. The van der Waals surface area contributed by atoms with E-state index in [0.717, 1.165) is 12.8 Å². The Morgan fingerprint density at radius 2 is 2.14 bits per heavy atom. The smallest absolute Gasteiger partial charge is 0.211 e. The van der Waals surface area contributed by atoms with Gasteiger partial charge in [-0.25, -0.2) is 13.1 Å². The van der Waals surface area contributed by atoms with Crippen molar-refractivity contribution >= 4 is 10.0 Å². The summed E-state index contributed by atoms with van der Waals surface area (Å²) in [6.45, 7) is 4.48. The van der Waals surface area contributed by atoms with Crippen LogP contribution < -0.4 is 4.72 Å². The second-order valence-electron chi connectivity index (χ2n) is 6.08. The molecule has 1 saturated carbocycles. The normalized spacial score (nSPS) is 22.7. The van der Waals surface area contributed by atoms with Crippen LogP contribution in [0.4, 0.5) is 0 Å². The van der Waals surface area contributed by atoms with Gasteiger partial charge in [-0.15, -0.1) is 0 Å². The molecule has 0 spiro atoms. The number of benzene rings is 1. The molecule has 1 aromatic carbocycles. The molecule has 1 fully saturated rings. The molecular weight excluding hydrogens is 284 g/mol. The average Bonchev–Trinajstić information content (AvgIpc) is 2.45. The number of nitriles is 1. The maximum absolute atomic E-state index is 12.3. The van der Waals surface area contributed by atoms with Crippen molar-refractivity contribution in [1.82, 2.24) is 4.72 Å². The molecule has 0 bridgehead atoms. The summed E-state index contributed by atoms with van der Waals surface area (Å²) in [5.74, 6) is 1.12. The lowest BCUT2D eigenvalue weighted by molar-refractivity contribution is 0.283. The number of hydrogen-bond acceptors (Lipinski definition) is 3. The summed E-state index contributed by atoms with van der Waals surface area (Å²) < 4.78 is 27.3. The molecule has 0 aliphatic heterocycles. The first-order chi connectivity index (χ1) is 9.92. The fraction of sp³-hybridized carbons (Fsp3) is 0.562. The summed E-state index contributed by atoms with van der Waals surface area (Å²) in [5, 5.41) is 8.90. The van der Waals surface area contributed by atoms with Crippen LogP contribution in [0.2, 0.25) is 0 Å². The van der Waals surface area contributed by atoms with Gasteiger partial charge in [-0.1, -0.05) is 19.8 Å². The molecule has 1 aliphatic rings. The molecule has 0 saturated heterocycles. The average molecular weight is 306 g/mol. The Morgan fingerprint density at radius 1 is 1.38 bits per heavy atom. The lowest BCUT2D eigenvalue weighted by atomic mass is 9.83. The van der Waals surface area contributed by atoms with Gasteiger partial charge in [0.15, 0.2) is 0 Å². The molecule has 1 N–H and O–H groups in total. The molecule has 5 heteroatoms. The Morgan fingerprint density at radius 3 is 2.76 bits per heavy atom. The highest BCUT2D eigenvalue weighted by atomic mass is 32.2. The van der Waals surface area contributed by atoms with E-state index in [-0.39, 0.29) is 4.90 Å². The third-order valence-electron chi connectivity index (χ3n) is 4.24. The minimum Gasteiger partial charge on any atom is -0.211 e. The topological polar surface area (TPSA) is 70.0 Å². The van der Waals surface area contributed by atoms with Crippen molar-refractivity contribution in [3.8, 4) is 6.07 Å². The van der Waals surface area contributed by atoms with Crippen LogP contribution in [0.3, 0.4) is 0 Å². The summed E-state index contributed by atoms with van der Waals surface area (Å²) in [6, 6.07) is 6.67. The van der Waals surface area contributed by atoms with Gasteiger partial charge >= 0.3 is 0 Å². The van der Waals surface area contributed by atoms with E-state index >= 15 is 0 Å². The Bertz CT molecular complexity index is 647. The minimum atomic E-state index is -3.48. The summed E-state index contributed by atoms with van der Waals surface area (Å²) in [5.41, 5.74) is 1.20. The van der Waals surface area contributed by atoms with Crippen molar-refractivity contribution in [3.63, 3.8) is 0 Å². The third-order valence-corrected chi connectivity index (χ3v) is 5.66. The van der Waals surface area contributed by atoms with Gasteiger partial charge in [0.2, 0.25) is 10.0 Å². The van der Waals surface area contributed by atoms with Crippen LogP contribution in [0.25, 0.3) is 0 Å². The molecule has 0 aromatic heterocycles. The molecule has 0 amide bonds. The molecule has 21 heavy (non-hydrogen) atoms. The first kappa shape index (κ1) is 16.0. The van der Waals surface area contributed by atoms with Crippen LogP contribution in [-0.2, 0) is 10.0 Å². The van der Waals surface area contributed by atoms with E-state index in [1.54, 1.807) is 19.1 Å². The van der Waals surface area contributed by atoms with E-state index in [4.69, 9.17) is 5.26 Å². The zero-order valence-corrected chi connectivity index (χ0v) is 13.4. The summed E-state index contributed by atoms with van der Waals surface area (Å²) in [7, 11) is -3.48. The third kappa shape index (κ3) is 4.05. The molecule has 4 nitrogen and oxygen atoms in total. The lowest BCUT2D eigenvalue weighted by Crippen LogP contribution is -2.31. The number of sulfonamides is 1. The summed E-state index contributed by atoms with van der Waals surface area (Å²) >= 11 is 0. The fourth-order valence-corrected chi connectivity index (χ4v) is 4.19. The van der Waals surface area contributed by atoms with E-state index in [9.17, 15) is 8.42 Å². The monoisotopic (exact) mass is 306 g/mol. The summed E-state index contributed by atoms with van der Waals surface area (Å²) in [4.78, 5) is 0.239. The lowest BCUT2D eigenvalue weighted by Gasteiger charge is -2.26. The van der Waals surface area contributed by atoms with E-state index in [1.807, 2.05) is 6.07 Å². The van der Waals surface area contributed by atoms with E-state index in [1.165, 1.54) is 18.9 Å². The van der Waals surface area contributed by atoms with Crippen molar-refractivity contribution in [3.05, 3.63) is 29.3 Å². The second-order valence-corrected chi connectivity index (χ2v) is 7.85. The molecule has 1 aromatic rings. The van der Waals surface area contributed by atoms with Gasteiger partial charge < -0.3 is 0 Å². The standard InChI is InChI=1S/C16H22N2O2S/c1-12-4-3-5-14(8-12)11-18-21(19,20)16-7-6-15(10-17)13(2)9-16/h6-7,9,12,14,18H,3-5,8,11H2,1-2H3. The molecular formula is C16H22N2O2S. The van der Waals surface area contributed by atoms with E-state index < -0.39 is 10.0 Å². The highest BCUT2D eigenvalue weighted by Crippen LogP contribution is 2.28. The number of hydrogen-bond donors (Lipinski definition) is 1. The maximum Gasteiger partial charge on any atom is 0.240 e. The fourth-order valence-electron chi connectivity index (χ4n) is 2.98. The molecule has 2 unspecified atom stereocenters. The zero-order valence-electron chi connectivity index (χ0n) is 12.6. The predicted octanol–water partition coefficient (Wildman–Crippen LogP) is 2.97. The predicted molar refractivity (Wildman–Crippen MR) is 82.2 cm³/mol. The first-order valence-electron chi connectivity index (χ1n) is 7.43. The Balaban J connectivity index is 2.05. The van der Waals surface area contributed by atoms with E-state index in [2.05, 4.69) is 11.6 Å². The van der Waals surface area contributed by atoms with Crippen LogP contribution >= 0.6 is 0 Å². The van der Waals surface area contributed by atoms with Crippen LogP contribution in [0.5, 0.6) is 0 Å². The van der Waals surface area contributed by atoms with Gasteiger partial charge in [-0.2, -0.15) is 5.26 Å². The van der Waals surface area contributed by atoms with Crippen molar-refractivity contribution in [2.24, 2.45) is 11.8 Å². The number of nitrogens with one attached hydrogen (secondary N) is 1. The van der Waals surface area contributed by atoms with Crippen molar-refractivity contribution in [2.45, 2.75) is 44.4 Å². The first-order valence-corrected chi connectivity index (χ1v) is 8.91. The van der Waals surface area contributed by atoms with Crippen LogP contribution in [0.15, 0.2) is 23.1 Å². The van der Waals surface area contributed by atoms with Crippen molar-refractivity contribution in [1.29, 1.82) is 5.26 Å². The zero-order chi connectivity index (χ0) is 15.5. The summed E-state index contributed by atoms with van der Waals surface area (Å²) in [6.07, 6.45) is 4.62. The van der Waals surface area contributed by atoms with Gasteiger partial charge in [0, 0.05) is 6.54 Å². The highest BCUT2D eigenvalue weighted by Gasteiger charge is 2.22. The Hall–Kier alpha value is -1.38. The minimum absolute atomic E-state index is 0.239. The second kappa shape index (κ2) is 6.59. The van der Waals surface area contributed by atoms with Gasteiger partial charge in [0.25, 0.3) is 0 Å².